The zero-order valence-electron chi connectivity index (χ0n) is 17.5. The minimum atomic E-state index is -0.520. The van der Waals surface area contributed by atoms with E-state index in [2.05, 4.69) is 15.2 Å². The second-order valence-corrected chi connectivity index (χ2v) is 7.97. The predicted octanol–water partition coefficient (Wildman–Crippen LogP) is 2.49. The van der Waals surface area contributed by atoms with Gasteiger partial charge in [0.25, 0.3) is 5.91 Å². The highest BCUT2D eigenvalue weighted by molar-refractivity contribution is 5.98. The number of amides is 2. The molecule has 1 atom stereocenters. The highest BCUT2D eigenvalue weighted by Gasteiger charge is 2.31. The molecule has 2 heterocycles. The van der Waals surface area contributed by atoms with Gasteiger partial charge in [0, 0.05) is 50.7 Å². The molecular formula is C23H30N4O2. The van der Waals surface area contributed by atoms with Crippen LogP contribution in [0, 0.1) is 12.8 Å². The fraction of sp³-hybridized carbons (Fsp3) is 0.435. The Morgan fingerprint density at radius 3 is 2.31 bits per heavy atom. The van der Waals surface area contributed by atoms with Crippen molar-refractivity contribution in [3.63, 3.8) is 0 Å². The number of pyridine rings is 1. The number of aromatic nitrogens is 1. The van der Waals surface area contributed by atoms with Gasteiger partial charge in [-0.3, -0.25) is 19.5 Å². The molecule has 154 valence electrons. The lowest BCUT2D eigenvalue weighted by Crippen LogP contribution is -2.56. The Labute approximate surface area is 172 Å². The summed E-state index contributed by atoms with van der Waals surface area (Å²) < 4.78 is 0. The summed E-state index contributed by atoms with van der Waals surface area (Å²) in [7, 11) is 0. The summed E-state index contributed by atoms with van der Waals surface area (Å²) in [6.45, 7) is 9.71. The van der Waals surface area contributed by atoms with Crippen molar-refractivity contribution in [1.29, 1.82) is 0 Å². The second-order valence-electron chi connectivity index (χ2n) is 7.97. The molecule has 1 aliphatic rings. The number of carbonyl (C=O) groups is 2. The SMILES string of the molecule is Cc1ccccc1C(=O)N[C@H](C(=O)N1CCN(Cc2ccncc2)CC1)C(C)C. The summed E-state index contributed by atoms with van der Waals surface area (Å²) in [4.78, 5) is 34.1. The first kappa shape index (κ1) is 21.0. The number of nitrogens with one attached hydrogen (secondary N) is 1. The van der Waals surface area contributed by atoms with E-state index in [0.29, 0.717) is 18.7 Å². The maximum absolute atomic E-state index is 13.1. The first-order chi connectivity index (χ1) is 14.0. The Morgan fingerprint density at radius 2 is 1.69 bits per heavy atom. The summed E-state index contributed by atoms with van der Waals surface area (Å²) >= 11 is 0. The molecule has 6 heteroatoms. The standard InChI is InChI=1S/C23H30N4O2/c1-17(2)21(25-22(28)20-7-5-4-6-18(20)3)23(29)27-14-12-26(13-15-27)16-19-8-10-24-11-9-19/h4-11,17,21H,12-16H2,1-3H3,(H,25,28)/t21-/m0/s1. The van der Waals surface area contributed by atoms with Crippen LogP contribution in [0.15, 0.2) is 48.8 Å². The minimum absolute atomic E-state index is 0.00509. The molecule has 2 aromatic rings. The molecule has 2 amide bonds. The highest BCUT2D eigenvalue weighted by atomic mass is 16.2. The maximum Gasteiger partial charge on any atom is 0.252 e. The van der Waals surface area contributed by atoms with E-state index in [4.69, 9.17) is 0 Å². The average molecular weight is 395 g/mol. The molecule has 0 radical (unpaired) electrons. The average Bonchev–Trinajstić information content (AvgIpc) is 2.73. The molecule has 3 rings (SSSR count). The van der Waals surface area contributed by atoms with Crippen LogP contribution in [0.25, 0.3) is 0 Å². The number of hydrogen-bond donors (Lipinski definition) is 1. The van der Waals surface area contributed by atoms with E-state index < -0.39 is 6.04 Å². The van der Waals surface area contributed by atoms with Crippen LogP contribution >= 0.6 is 0 Å². The van der Waals surface area contributed by atoms with Crippen molar-refractivity contribution in [2.24, 2.45) is 5.92 Å². The Hall–Kier alpha value is -2.73. The molecule has 0 saturated carbocycles. The van der Waals surface area contributed by atoms with Crippen molar-refractivity contribution in [2.45, 2.75) is 33.4 Å². The van der Waals surface area contributed by atoms with Crippen molar-refractivity contribution in [2.75, 3.05) is 26.2 Å². The van der Waals surface area contributed by atoms with Gasteiger partial charge in [0.15, 0.2) is 0 Å². The van der Waals surface area contributed by atoms with Crippen LogP contribution in [-0.2, 0) is 11.3 Å². The summed E-state index contributed by atoms with van der Waals surface area (Å²) in [5, 5.41) is 2.97. The number of nitrogens with zero attached hydrogens (tertiary/aromatic N) is 3. The van der Waals surface area contributed by atoms with Crippen LogP contribution in [-0.4, -0.2) is 58.8 Å². The molecule has 0 spiro atoms. The Kier molecular flexibility index (Phi) is 6.99. The third-order valence-electron chi connectivity index (χ3n) is 5.45. The summed E-state index contributed by atoms with van der Waals surface area (Å²) in [5.74, 6) is -0.165. The van der Waals surface area contributed by atoms with Crippen molar-refractivity contribution in [1.82, 2.24) is 20.1 Å². The third kappa shape index (κ3) is 5.41. The minimum Gasteiger partial charge on any atom is -0.340 e. The lowest BCUT2D eigenvalue weighted by molar-refractivity contribution is -0.136. The number of aryl methyl sites for hydroxylation is 1. The second kappa shape index (κ2) is 9.65. The smallest absolute Gasteiger partial charge is 0.252 e. The van der Waals surface area contributed by atoms with Crippen molar-refractivity contribution >= 4 is 11.8 Å². The molecule has 0 aliphatic carbocycles. The molecule has 1 fully saturated rings. The van der Waals surface area contributed by atoms with Crippen LogP contribution in [0.2, 0.25) is 0 Å². The molecule has 29 heavy (non-hydrogen) atoms. The van der Waals surface area contributed by atoms with Gasteiger partial charge in [0.1, 0.15) is 6.04 Å². The lowest BCUT2D eigenvalue weighted by atomic mass is 10.0. The van der Waals surface area contributed by atoms with Crippen LogP contribution in [0.5, 0.6) is 0 Å². The molecule has 1 saturated heterocycles. The van der Waals surface area contributed by atoms with E-state index >= 15 is 0 Å². The third-order valence-corrected chi connectivity index (χ3v) is 5.45. The van der Waals surface area contributed by atoms with E-state index in [-0.39, 0.29) is 17.7 Å². The number of hydrogen-bond acceptors (Lipinski definition) is 4. The van der Waals surface area contributed by atoms with Crippen LogP contribution in [0.1, 0.15) is 35.3 Å². The van der Waals surface area contributed by atoms with Gasteiger partial charge in [0.2, 0.25) is 5.91 Å². The topological polar surface area (TPSA) is 65.5 Å². The Balaban J connectivity index is 1.58. The number of piperazine rings is 1. The summed E-state index contributed by atoms with van der Waals surface area (Å²) in [6.07, 6.45) is 3.61. The van der Waals surface area contributed by atoms with Gasteiger partial charge in [-0.15, -0.1) is 0 Å². The van der Waals surface area contributed by atoms with Crippen molar-refractivity contribution < 1.29 is 9.59 Å². The number of rotatable bonds is 6. The van der Waals surface area contributed by atoms with Gasteiger partial charge in [-0.2, -0.15) is 0 Å². The van der Waals surface area contributed by atoms with Gasteiger partial charge < -0.3 is 10.2 Å². The normalized spacial score (nSPS) is 15.9. The zero-order valence-corrected chi connectivity index (χ0v) is 17.5. The molecule has 1 aliphatic heterocycles. The quantitative estimate of drug-likeness (QED) is 0.818. The van der Waals surface area contributed by atoms with Gasteiger partial charge in [-0.1, -0.05) is 32.0 Å². The fourth-order valence-electron chi connectivity index (χ4n) is 3.63. The molecule has 0 bridgehead atoms. The van der Waals surface area contributed by atoms with Crippen molar-refractivity contribution in [3.05, 3.63) is 65.5 Å². The van der Waals surface area contributed by atoms with Crippen LogP contribution < -0.4 is 5.32 Å². The molecule has 1 N–H and O–H groups in total. The Morgan fingerprint density at radius 1 is 1.03 bits per heavy atom. The number of carbonyl (C=O) groups excluding carboxylic acids is 2. The fourth-order valence-corrected chi connectivity index (χ4v) is 3.63. The van der Waals surface area contributed by atoms with E-state index in [0.717, 1.165) is 25.2 Å². The van der Waals surface area contributed by atoms with E-state index in [1.54, 1.807) is 18.5 Å². The molecular weight excluding hydrogens is 364 g/mol. The van der Waals surface area contributed by atoms with Crippen LogP contribution in [0.4, 0.5) is 0 Å². The zero-order chi connectivity index (χ0) is 20.8. The van der Waals surface area contributed by atoms with Gasteiger partial charge in [-0.05, 0) is 42.2 Å². The first-order valence-electron chi connectivity index (χ1n) is 10.2. The maximum atomic E-state index is 13.1. The van der Waals surface area contributed by atoms with E-state index in [9.17, 15) is 9.59 Å². The van der Waals surface area contributed by atoms with Crippen molar-refractivity contribution in [3.8, 4) is 0 Å². The van der Waals surface area contributed by atoms with Gasteiger partial charge in [0.05, 0.1) is 0 Å². The van der Waals surface area contributed by atoms with Gasteiger partial charge >= 0.3 is 0 Å². The highest BCUT2D eigenvalue weighted by Crippen LogP contribution is 2.14. The van der Waals surface area contributed by atoms with Crippen LogP contribution in [0.3, 0.4) is 0 Å². The largest absolute Gasteiger partial charge is 0.340 e. The molecule has 6 nitrogen and oxygen atoms in total. The monoisotopic (exact) mass is 394 g/mol. The van der Waals surface area contributed by atoms with Gasteiger partial charge in [-0.25, -0.2) is 0 Å². The van der Waals surface area contributed by atoms with E-state index in [1.165, 1.54) is 5.56 Å². The summed E-state index contributed by atoms with van der Waals surface area (Å²) in [6, 6.07) is 11.0. The molecule has 1 aromatic heterocycles. The Bertz CT molecular complexity index is 830. The lowest BCUT2D eigenvalue weighted by Gasteiger charge is -2.37. The predicted molar refractivity (Wildman–Crippen MR) is 113 cm³/mol. The number of benzene rings is 1. The molecule has 1 aromatic carbocycles. The molecule has 0 unspecified atom stereocenters. The summed E-state index contributed by atoms with van der Waals surface area (Å²) in [5.41, 5.74) is 2.75. The van der Waals surface area contributed by atoms with E-state index in [1.807, 2.05) is 56.0 Å². The first-order valence-corrected chi connectivity index (χ1v) is 10.2.